The van der Waals surface area contributed by atoms with Gasteiger partial charge in [-0.05, 0) is 80.8 Å². The van der Waals surface area contributed by atoms with E-state index in [1.807, 2.05) is 0 Å². The lowest BCUT2D eigenvalue weighted by Gasteiger charge is -2.35. The van der Waals surface area contributed by atoms with Gasteiger partial charge in [-0.3, -0.25) is 0 Å². The number of halogens is 4. The first-order valence-electron chi connectivity index (χ1n) is 20.8. The van der Waals surface area contributed by atoms with Crippen LogP contribution in [0.15, 0.2) is 21.1 Å². The molecule has 0 radical (unpaired) electrons. The minimum absolute atomic E-state index is 0.252. The van der Waals surface area contributed by atoms with Crippen LogP contribution < -0.4 is 0 Å². The molecule has 54 heavy (non-hydrogen) atoms. The van der Waals surface area contributed by atoms with Crippen molar-refractivity contribution in [2.75, 3.05) is 0 Å². The first-order valence-corrected chi connectivity index (χ1v) is 23.8. The van der Waals surface area contributed by atoms with Crippen LogP contribution in [0.4, 0.5) is 8.78 Å². The largest absolute Gasteiger partial charge is 0.206 e. The molecule has 2 aliphatic rings. The van der Waals surface area contributed by atoms with Crippen LogP contribution in [0.2, 0.25) is 0 Å². The SMILES string of the molecule is CCCCCCC1(CCCCCC)c2cc(Br)c3nsnc3c2-c2c(F)c3c(c(F)c21)-c1c(cc(Br)c2nsnc12)C3(CCCCCC)CCCCCC. The minimum atomic E-state index is -0.686. The molecule has 0 spiro atoms. The summed E-state index contributed by atoms with van der Waals surface area (Å²) in [4.78, 5) is 0. The predicted octanol–water partition coefficient (Wildman–Crippen LogP) is 15.9. The topological polar surface area (TPSA) is 51.6 Å². The Balaban J connectivity index is 1.58. The summed E-state index contributed by atoms with van der Waals surface area (Å²) >= 11 is 10.0. The highest BCUT2D eigenvalue weighted by atomic mass is 79.9. The molecule has 0 saturated carbocycles. The maximum atomic E-state index is 18.9. The molecule has 0 bridgehead atoms. The highest BCUT2D eigenvalue weighted by Crippen LogP contribution is 2.65. The Hall–Kier alpha value is -1.88. The molecular weight excluding hydrogens is 846 g/mol. The normalized spacial score (nSPS) is 15.0. The smallest absolute Gasteiger partial charge is 0.136 e. The molecule has 5 aromatic rings. The van der Waals surface area contributed by atoms with Crippen molar-refractivity contribution in [2.24, 2.45) is 0 Å². The van der Waals surface area contributed by atoms with Gasteiger partial charge in [0, 0.05) is 53.2 Å². The molecule has 10 heteroatoms. The van der Waals surface area contributed by atoms with Gasteiger partial charge in [0.1, 0.15) is 33.7 Å². The molecule has 0 unspecified atom stereocenters. The number of nitrogens with zero attached hydrogens (tertiary/aromatic N) is 4. The zero-order valence-electron chi connectivity index (χ0n) is 32.4. The Morgan fingerprint density at radius 1 is 0.463 bits per heavy atom. The highest BCUT2D eigenvalue weighted by molar-refractivity contribution is 9.11. The van der Waals surface area contributed by atoms with Crippen LogP contribution in [0.3, 0.4) is 0 Å². The van der Waals surface area contributed by atoms with Crippen molar-refractivity contribution in [1.82, 2.24) is 17.5 Å². The zero-order chi connectivity index (χ0) is 38.0. The van der Waals surface area contributed by atoms with E-state index >= 15 is 8.78 Å². The van der Waals surface area contributed by atoms with E-state index in [0.717, 1.165) is 194 Å². The molecule has 0 aliphatic heterocycles. The molecule has 3 aromatic carbocycles. The fourth-order valence-electron chi connectivity index (χ4n) is 10.1. The zero-order valence-corrected chi connectivity index (χ0v) is 37.2. The summed E-state index contributed by atoms with van der Waals surface area (Å²) in [5.74, 6) is -0.504. The third-order valence-corrected chi connectivity index (χ3v) is 14.9. The van der Waals surface area contributed by atoms with Crippen LogP contribution in [-0.2, 0) is 10.8 Å². The summed E-state index contributed by atoms with van der Waals surface area (Å²) in [6.07, 6.45) is 20.1. The van der Waals surface area contributed by atoms with Gasteiger partial charge < -0.3 is 0 Å². The van der Waals surface area contributed by atoms with Gasteiger partial charge in [-0.2, -0.15) is 17.5 Å². The van der Waals surface area contributed by atoms with Crippen LogP contribution in [0.25, 0.3) is 44.3 Å². The Bertz CT molecular complexity index is 1950. The van der Waals surface area contributed by atoms with Crippen molar-refractivity contribution in [1.29, 1.82) is 0 Å². The van der Waals surface area contributed by atoms with E-state index in [1.54, 1.807) is 0 Å². The summed E-state index contributed by atoms with van der Waals surface area (Å²) in [7, 11) is 0. The van der Waals surface area contributed by atoms with Crippen molar-refractivity contribution < 1.29 is 8.78 Å². The highest BCUT2D eigenvalue weighted by Gasteiger charge is 2.54. The molecule has 290 valence electrons. The molecule has 0 amide bonds. The average Bonchev–Trinajstić information content (AvgIpc) is 3.96. The van der Waals surface area contributed by atoms with Crippen LogP contribution in [-0.4, -0.2) is 17.5 Å². The Kier molecular flexibility index (Phi) is 12.9. The maximum absolute atomic E-state index is 18.9. The van der Waals surface area contributed by atoms with Crippen LogP contribution in [0.1, 0.15) is 178 Å². The van der Waals surface area contributed by atoms with E-state index < -0.39 is 10.8 Å². The van der Waals surface area contributed by atoms with Gasteiger partial charge in [-0.25, -0.2) is 8.78 Å². The van der Waals surface area contributed by atoms with Crippen molar-refractivity contribution in [2.45, 2.75) is 167 Å². The van der Waals surface area contributed by atoms with Gasteiger partial charge in [0.2, 0.25) is 0 Å². The van der Waals surface area contributed by atoms with E-state index in [9.17, 15) is 0 Å². The third kappa shape index (κ3) is 6.72. The fourth-order valence-corrected chi connectivity index (χ4v) is 12.5. The summed E-state index contributed by atoms with van der Waals surface area (Å²) < 4.78 is 58.5. The third-order valence-electron chi connectivity index (χ3n) is 12.7. The molecule has 0 N–H and O–H groups in total. The van der Waals surface area contributed by atoms with Crippen LogP contribution in [0.5, 0.6) is 0 Å². The lowest BCUT2D eigenvalue weighted by Crippen LogP contribution is -2.29. The Morgan fingerprint density at radius 2 is 0.778 bits per heavy atom. The lowest BCUT2D eigenvalue weighted by atomic mass is 9.68. The number of fused-ring (bicyclic) bond motifs is 10. The molecule has 2 aromatic heterocycles. The maximum Gasteiger partial charge on any atom is 0.136 e. The summed E-state index contributed by atoms with van der Waals surface area (Å²) in [5.41, 5.74) is 7.03. The molecule has 2 heterocycles. The minimum Gasteiger partial charge on any atom is -0.206 e. The summed E-state index contributed by atoms with van der Waals surface area (Å²) in [6, 6.07) is 4.30. The van der Waals surface area contributed by atoms with E-state index in [0.29, 0.717) is 33.3 Å². The second kappa shape index (κ2) is 17.3. The van der Waals surface area contributed by atoms with E-state index in [2.05, 4.69) is 80.4 Å². The molecular formula is C44H54Br2F2N4S2. The second-order valence-corrected chi connectivity index (χ2v) is 18.8. The first kappa shape index (κ1) is 40.3. The number of unbranched alkanes of at least 4 members (excludes halogenated alkanes) is 12. The van der Waals surface area contributed by atoms with Crippen molar-refractivity contribution >= 4 is 77.4 Å². The second-order valence-electron chi connectivity index (χ2n) is 16.0. The number of benzene rings is 3. The first-order chi connectivity index (χ1) is 26.3. The van der Waals surface area contributed by atoms with Crippen molar-refractivity contribution in [3.63, 3.8) is 0 Å². The number of hydrogen-bond acceptors (Lipinski definition) is 6. The fraction of sp³-hybridized carbons (Fsp3) is 0.591. The standard InChI is InChI=1S/C44H54Br2F2N4S2/c1-5-9-13-17-21-43(22-18-14-10-6-2)27-25-29(45)39-41(51-53-49-39)31(27)33-35(43)37(47)34-32-28(26-30(46)40-42(32)52-54-50-40)44(36(34)38(33)48,23-19-15-11-7-3)24-20-16-12-8-4/h25-26H,5-24H2,1-4H3. The van der Waals surface area contributed by atoms with Gasteiger partial charge in [0.05, 0.1) is 23.5 Å². The molecule has 0 atom stereocenters. The molecule has 0 saturated heterocycles. The van der Waals surface area contributed by atoms with Gasteiger partial charge in [-0.1, -0.05) is 130 Å². The Morgan fingerprint density at radius 3 is 1.09 bits per heavy atom. The van der Waals surface area contributed by atoms with Crippen molar-refractivity contribution in [3.05, 3.63) is 55.0 Å². The molecule has 4 nitrogen and oxygen atoms in total. The summed E-state index contributed by atoms with van der Waals surface area (Å²) in [6.45, 7) is 8.90. The molecule has 7 rings (SSSR count). The monoisotopic (exact) mass is 898 g/mol. The van der Waals surface area contributed by atoms with Gasteiger partial charge in [0.15, 0.2) is 0 Å². The summed E-state index contributed by atoms with van der Waals surface area (Å²) in [5, 5.41) is 0. The average molecular weight is 901 g/mol. The number of hydrogen-bond donors (Lipinski definition) is 0. The molecule has 0 fully saturated rings. The van der Waals surface area contributed by atoms with Gasteiger partial charge in [-0.15, -0.1) is 0 Å². The van der Waals surface area contributed by atoms with Crippen LogP contribution in [0, 0.1) is 11.6 Å². The van der Waals surface area contributed by atoms with Gasteiger partial charge >= 0.3 is 0 Å². The van der Waals surface area contributed by atoms with E-state index in [-0.39, 0.29) is 11.6 Å². The predicted molar refractivity (Wildman–Crippen MR) is 231 cm³/mol. The number of aromatic nitrogens is 4. The van der Waals surface area contributed by atoms with Crippen molar-refractivity contribution in [3.8, 4) is 22.3 Å². The quantitative estimate of drug-likeness (QED) is 0.0730. The molecule has 2 aliphatic carbocycles. The lowest BCUT2D eigenvalue weighted by molar-refractivity contribution is 0.377. The Labute approximate surface area is 345 Å². The van der Waals surface area contributed by atoms with E-state index in [1.165, 1.54) is 0 Å². The van der Waals surface area contributed by atoms with E-state index in [4.69, 9.17) is 8.75 Å². The van der Waals surface area contributed by atoms with Crippen LogP contribution >= 0.6 is 55.3 Å². The number of rotatable bonds is 20. The van der Waals surface area contributed by atoms with Gasteiger partial charge in [0.25, 0.3) is 0 Å².